The number of rotatable bonds is 3. The van der Waals surface area contributed by atoms with Crippen LogP contribution >= 0.6 is 11.6 Å². The fourth-order valence-electron chi connectivity index (χ4n) is 3.06. The summed E-state index contributed by atoms with van der Waals surface area (Å²) in [5, 5.41) is 2.95. The molecular formula is C16H18ClN3O3. The molecule has 3 rings (SSSR count). The molecule has 1 unspecified atom stereocenters. The van der Waals surface area contributed by atoms with E-state index in [-0.39, 0.29) is 18.2 Å². The summed E-state index contributed by atoms with van der Waals surface area (Å²) in [5.74, 6) is -0.354. The van der Waals surface area contributed by atoms with Gasteiger partial charge in [-0.2, -0.15) is 0 Å². The number of likely N-dealkylation sites (N-methyl/N-ethyl adjacent to an activating group) is 1. The van der Waals surface area contributed by atoms with E-state index in [4.69, 9.17) is 11.6 Å². The van der Waals surface area contributed by atoms with Gasteiger partial charge in [-0.25, -0.2) is 4.79 Å². The number of urea groups is 1. The lowest BCUT2D eigenvalue weighted by atomic mass is 10.1. The third kappa shape index (κ3) is 2.91. The van der Waals surface area contributed by atoms with Crippen molar-refractivity contribution in [2.24, 2.45) is 0 Å². The predicted octanol–water partition coefficient (Wildman–Crippen LogP) is 1.82. The van der Waals surface area contributed by atoms with Crippen LogP contribution in [0.4, 0.5) is 4.79 Å². The van der Waals surface area contributed by atoms with Crippen LogP contribution in [0, 0.1) is 6.92 Å². The van der Waals surface area contributed by atoms with Crippen molar-refractivity contribution in [3.8, 4) is 0 Å². The van der Waals surface area contributed by atoms with Gasteiger partial charge >= 0.3 is 6.03 Å². The Hall–Kier alpha value is -2.08. The van der Waals surface area contributed by atoms with Gasteiger partial charge in [0.2, 0.25) is 5.91 Å². The summed E-state index contributed by atoms with van der Waals surface area (Å²) in [6.07, 6.45) is 0.565. The molecular weight excluding hydrogens is 318 g/mol. The molecule has 122 valence electrons. The van der Waals surface area contributed by atoms with Crippen LogP contribution in [0.3, 0.4) is 0 Å². The minimum absolute atomic E-state index is 0.0180. The predicted molar refractivity (Wildman–Crippen MR) is 84.8 cm³/mol. The Morgan fingerprint density at radius 2 is 1.96 bits per heavy atom. The molecule has 7 heteroatoms. The topological polar surface area (TPSA) is 69.7 Å². The maximum atomic E-state index is 12.4. The number of carbonyl (C=O) groups excluding carboxylic acids is 3. The van der Waals surface area contributed by atoms with E-state index in [0.29, 0.717) is 24.5 Å². The maximum absolute atomic E-state index is 12.4. The normalized spacial score (nSPS) is 20.0. The Morgan fingerprint density at radius 3 is 2.57 bits per heavy atom. The fraction of sp³-hybridized carbons (Fsp3) is 0.438. The molecule has 2 aliphatic rings. The molecule has 23 heavy (non-hydrogen) atoms. The summed E-state index contributed by atoms with van der Waals surface area (Å²) in [7, 11) is 1.56. The first kappa shape index (κ1) is 15.8. The molecule has 0 aromatic heterocycles. The highest BCUT2D eigenvalue weighted by molar-refractivity contribution is 6.31. The lowest BCUT2D eigenvalue weighted by molar-refractivity contribution is -0.132. The van der Waals surface area contributed by atoms with E-state index >= 15 is 0 Å². The van der Waals surface area contributed by atoms with E-state index in [0.717, 1.165) is 16.7 Å². The SMILES string of the molecule is Cc1cc2c(cc1Cl)CN(C(=O)CCC1C(=O)NC(=O)N1C)C2. The summed E-state index contributed by atoms with van der Waals surface area (Å²) in [6.45, 7) is 3.05. The summed E-state index contributed by atoms with van der Waals surface area (Å²) >= 11 is 6.13. The molecule has 0 saturated carbocycles. The molecule has 1 fully saturated rings. The maximum Gasteiger partial charge on any atom is 0.324 e. The number of nitrogens with zero attached hydrogens (tertiary/aromatic N) is 2. The van der Waals surface area contributed by atoms with Gasteiger partial charge in [0.1, 0.15) is 6.04 Å². The number of amides is 4. The van der Waals surface area contributed by atoms with Crippen molar-refractivity contribution in [2.45, 2.75) is 38.9 Å². The number of nitrogens with one attached hydrogen (secondary N) is 1. The van der Waals surface area contributed by atoms with Crippen LogP contribution < -0.4 is 5.32 Å². The highest BCUT2D eigenvalue weighted by Gasteiger charge is 2.36. The standard InChI is InChI=1S/C16H18ClN3O3/c1-9-5-10-7-20(8-11(10)6-12(9)17)14(21)4-3-13-15(22)18-16(23)19(13)2/h5-6,13H,3-4,7-8H2,1-2H3,(H,18,22,23). The van der Waals surface area contributed by atoms with Gasteiger partial charge in [-0.1, -0.05) is 17.7 Å². The van der Waals surface area contributed by atoms with Crippen molar-refractivity contribution in [2.75, 3.05) is 7.05 Å². The molecule has 2 aliphatic heterocycles. The number of hydrogen-bond acceptors (Lipinski definition) is 3. The molecule has 6 nitrogen and oxygen atoms in total. The van der Waals surface area contributed by atoms with Crippen LogP contribution in [-0.4, -0.2) is 40.7 Å². The lowest BCUT2D eigenvalue weighted by Crippen LogP contribution is -2.33. The number of benzene rings is 1. The van der Waals surface area contributed by atoms with Gasteiger partial charge in [0.05, 0.1) is 0 Å². The molecule has 0 radical (unpaired) electrons. The smallest absolute Gasteiger partial charge is 0.324 e. The summed E-state index contributed by atoms with van der Waals surface area (Å²) < 4.78 is 0. The van der Waals surface area contributed by atoms with Gasteiger partial charge in [-0.15, -0.1) is 0 Å². The average molecular weight is 336 g/mol. The van der Waals surface area contributed by atoms with Crippen LogP contribution in [0.25, 0.3) is 0 Å². The van der Waals surface area contributed by atoms with Crippen LogP contribution in [0.2, 0.25) is 5.02 Å². The van der Waals surface area contributed by atoms with Crippen LogP contribution in [0.15, 0.2) is 12.1 Å². The fourth-order valence-corrected chi connectivity index (χ4v) is 3.24. The Labute approximate surface area is 139 Å². The number of aryl methyl sites for hydroxylation is 1. The van der Waals surface area contributed by atoms with E-state index in [1.165, 1.54) is 4.90 Å². The van der Waals surface area contributed by atoms with E-state index in [1.54, 1.807) is 11.9 Å². The molecule has 1 N–H and O–H groups in total. The molecule has 1 aromatic carbocycles. The second kappa shape index (κ2) is 5.85. The molecule has 0 bridgehead atoms. The second-order valence-electron chi connectivity index (χ2n) is 6.08. The largest absolute Gasteiger partial charge is 0.334 e. The molecule has 1 aromatic rings. The van der Waals surface area contributed by atoms with E-state index < -0.39 is 12.1 Å². The van der Waals surface area contributed by atoms with Crippen LogP contribution in [-0.2, 0) is 22.7 Å². The van der Waals surface area contributed by atoms with Crippen molar-refractivity contribution in [3.05, 3.63) is 33.8 Å². The third-order valence-corrected chi connectivity index (χ3v) is 4.92. The first-order chi connectivity index (χ1) is 10.9. The molecule has 0 aliphatic carbocycles. The highest BCUT2D eigenvalue weighted by atomic mass is 35.5. The van der Waals surface area contributed by atoms with Crippen molar-refractivity contribution in [1.29, 1.82) is 0 Å². The van der Waals surface area contributed by atoms with Crippen molar-refractivity contribution in [3.63, 3.8) is 0 Å². The van der Waals surface area contributed by atoms with Crippen molar-refractivity contribution >= 4 is 29.4 Å². The zero-order valence-electron chi connectivity index (χ0n) is 13.1. The minimum Gasteiger partial charge on any atom is -0.334 e. The highest BCUT2D eigenvalue weighted by Crippen LogP contribution is 2.29. The first-order valence-electron chi connectivity index (χ1n) is 7.50. The average Bonchev–Trinajstić information content (AvgIpc) is 2.99. The first-order valence-corrected chi connectivity index (χ1v) is 7.88. The van der Waals surface area contributed by atoms with Crippen molar-refractivity contribution < 1.29 is 14.4 Å². The lowest BCUT2D eigenvalue weighted by Gasteiger charge is -2.19. The van der Waals surface area contributed by atoms with E-state index in [1.807, 2.05) is 19.1 Å². The zero-order valence-corrected chi connectivity index (χ0v) is 13.8. The van der Waals surface area contributed by atoms with Gasteiger partial charge in [0, 0.05) is 31.6 Å². The monoisotopic (exact) mass is 335 g/mol. The van der Waals surface area contributed by atoms with Crippen LogP contribution in [0.1, 0.15) is 29.5 Å². The number of hydrogen-bond donors (Lipinski definition) is 1. The van der Waals surface area contributed by atoms with Crippen LogP contribution in [0.5, 0.6) is 0 Å². The molecule has 2 heterocycles. The van der Waals surface area contributed by atoms with E-state index in [2.05, 4.69) is 5.32 Å². The number of halogens is 1. The number of carbonyl (C=O) groups is 3. The van der Waals surface area contributed by atoms with Gasteiger partial charge in [-0.05, 0) is 36.1 Å². The summed E-state index contributed by atoms with van der Waals surface area (Å²) in [4.78, 5) is 38.6. The number of imide groups is 1. The quantitative estimate of drug-likeness (QED) is 0.857. The Morgan fingerprint density at radius 1 is 1.30 bits per heavy atom. The van der Waals surface area contributed by atoms with Gasteiger partial charge in [0.25, 0.3) is 5.91 Å². The molecule has 1 saturated heterocycles. The summed E-state index contributed by atoms with van der Waals surface area (Å²) in [5.41, 5.74) is 3.19. The van der Waals surface area contributed by atoms with Gasteiger partial charge in [-0.3, -0.25) is 14.9 Å². The third-order valence-electron chi connectivity index (χ3n) is 4.51. The second-order valence-corrected chi connectivity index (χ2v) is 6.49. The number of fused-ring (bicyclic) bond motifs is 1. The Balaban J connectivity index is 1.60. The molecule has 1 atom stereocenters. The van der Waals surface area contributed by atoms with Gasteiger partial charge in [0.15, 0.2) is 0 Å². The Kier molecular flexibility index (Phi) is 4.02. The zero-order chi connectivity index (χ0) is 16.7. The molecule has 4 amide bonds. The van der Waals surface area contributed by atoms with Gasteiger partial charge < -0.3 is 9.80 Å². The minimum atomic E-state index is -0.562. The Bertz CT molecular complexity index is 673. The van der Waals surface area contributed by atoms with Crippen molar-refractivity contribution in [1.82, 2.24) is 15.1 Å². The summed E-state index contributed by atoms with van der Waals surface area (Å²) in [6, 6.07) is 2.96. The molecule has 0 spiro atoms. The van der Waals surface area contributed by atoms with E-state index in [9.17, 15) is 14.4 Å².